The highest BCUT2D eigenvalue weighted by Crippen LogP contribution is 2.30. The molecule has 164 valence electrons. The summed E-state index contributed by atoms with van der Waals surface area (Å²) in [5.74, 6) is 0.311. The Labute approximate surface area is 180 Å². The highest BCUT2D eigenvalue weighted by Gasteiger charge is 2.35. The number of amides is 3. The third kappa shape index (κ3) is 5.25. The lowest BCUT2D eigenvalue weighted by Crippen LogP contribution is -2.37. The third-order valence-corrected chi connectivity index (χ3v) is 4.97. The van der Waals surface area contributed by atoms with E-state index in [1.807, 2.05) is 0 Å². The van der Waals surface area contributed by atoms with Gasteiger partial charge in [0.05, 0.1) is 33.8 Å². The SMILES string of the molecule is COc1ccc(N2C[C@H](C(=O)NCC(=O)Nc3ccc(OC)c(OC)c3)CC2=O)cc1. The Bertz CT molecular complexity index is 960. The van der Waals surface area contributed by atoms with Crippen LogP contribution in [0.25, 0.3) is 0 Å². The fraction of sp³-hybridized carbons (Fsp3) is 0.318. The predicted octanol–water partition coefficient (Wildman–Crippen LogP) is 1.82. The summed E-state index contributed by atoms with van der Waals surface area (Å²) in [5.41, 5.74) is 1.21. The summed E-state index contributed by atoms with van der Waals surface area (Å²) in [6.45, 7) is 0.0503. The lowest BCUT2D eigenvalue weighted by atomic mass is 10.1. The number of hydrogen-bond acceptors (Lipinski definition) is 6. The van der Waals surface area contributed by atoms with Crippen LogP contribution in [-0.4, -0.2) is 52.1 Å². The molecular formula is C22H25N3O6. The van der Waals surface area contributed by atoms with Gasteiger partial charge in [0.2, 0.25) is 17.7 Å². The van der Waals surface area contributed by atoms with Gasteiger partial charge in [-0.3, -0.25) is 14.4 Å². The molecule has 3 amide bonds. The molecule has 2 N–H and O–H groups in total. The van der Waals surface area contributed by atoms with E-state index in [0.29, 0.717) is 28.6 Å². The number of hydrogen-bond donors (Lipinski definition) is 2. The van der Waals surface area contributed by atoms with E-state index >= 15 is 0 Å². The van der Waals surface area contributed by atoms with Crippen LogP contribution in [0.3, 0.4) is 0 Å². The van der Waals surface area contributed by atoms with Gasteiger partial charge in [-0.15, -0.1) is 0 Å². The van der Waals surface area contributed by atoms with Crippen LogP contribution in [0.15, 0.2) is 42.5 Å². The Morgan fingerprint density at radius 1 is 1.00 bits per heavy atom. The van der Waals surface area contributed by atoms with E-state index < -0.39 is 11.8 Å². The Morgan fingerprint density at radius 2 is 1.71 bits per heavy atom. The van der Waals surface area contributed by atoms with Gasteiger partial charge >= 0.3 is 0 Å². The Hall–Kier alpha value is -3.75. The number of nitrogens with zero attached hydrogens (tertiary/aromatic N) is 1. The monoisotopic (exact) mass is 427 g/mol. The Kier molecular flexibility index (Phi) is 6.96. The molecule has 9 nitrogen and oxygen atoms in total. The molecule has 0 saturated carbocycles. The molecule has 31 heavy (non-hydrogen) atoms. The zero-order valence-electron chi connectivity index (χ0n) is 17.6. The number of ether oxygens (including phenoxy) is 3. The van der Waals surface area contributed by atoms with Crippen LogP contribution in [0, 0.1) is 5.92 Å². The molecule has 0 unspecified atom stereocenters. The van der Waals surface area contributed by atoms with Gasteiger partial charge in [-0.1, -0.05) is 0 Å². The second-order valence-electron chi connectivity index (χ2n) is 6.94. The van der Waals surface area contributed by atoms with Crippen LogP contribution >= 0.6 is 0 Å². The quantitative estimate of drug-likeness (QED) is 0.666. The minimum Gasteiger partial charge on any atom is -0.497 e. The standard InChI is InChI=1S/C22H25N3O6/c1-29-17-7-5-16(6-8-17)25-13-14(10-21(25)27)22(28)23-12-20(26)24-15-4-9-18(30-2)19(11-15)31-3/h4-9,11,14H,10,12-13H2,1-3H3,(H,23,28)(H,24,26)/t14-/m1/s1. The molecular weight excluding hydrogens is 402 g/mol. The van der Waals surface area contributed by atoms with Gasteiger partial charge in [0, 0.05) is 30.4 Å². The van der Waals surface area contributed by atoms with E-state index in [0.717, 1.165) is 0 Å². The second-order valence-corrected chi connectivity index (χ2v) is 6.94. The maximum atomic E-state index is 12.5. The van der Waals surface area contributed by atoms with E-state index in [4.69, 9.17) is 14.2 Å². The van der Waals surface area contributed by atoms with Crippen LogP contribution < -0.4 is 29.7 Å². The number of carbonyl (C=O) groups excluding carboxylic acids is 3. The van der Waals surface area contributed by atoms with Crippen molar-refractivity contribution in [2.24, 2.45) is 5.92 Å². The zero-order chi connectivity index (χ0) is 22.4. The summed E-state index contributed by atoms with van der Waals surface area (Å²) in [5, 5.41) is 5.29. The van der Waals surface area contributed by atoms with E-state index in [1.54, 1.807) is 54.5 Å². The highest BCUT2D eigenvalue weighted by atomic mass is 16.5. The van der Waals surface area contributed by atoms with Crippen molar-refractivity contribution in [2.45, 2.75) is 6.42 Å². The van der Waals surface area contributed by atoms with Crippen LogP contribution in [0.1, 0.15) is 6.42 Å². The molecule has 1 aliphatic rings. The summed E-state index contributed by atoms with van der Waals surface area (Å²) >= 11 is 0. The van der Waals surface area contributed by atoms with Crippen LogP contribution in [0.2, 0.25) is 0 Å². The van der Waals surface area contributed by atoms with E-state index in [-0.39, 0.29) is 31.3 Å². The van der Waals surface area contributed by atoms with Gasteiger partial charge in [0.25, 0.3) is 0 Å². The van der Waals surface area contributed by atoms with Gasteiger partial charge in [-0.05, 0) is 36.4 Å². The first-order valence-electron chi connectivity index (χ1n) is 9.69. The molecule has 1 aliphatic heterocycles. The topological polar surface area (TPSA) is 106 Å². The third-order valence-electron chi connectivity index (χ3n) is 4.97. The van der Waals surface area contributed by atoms with Gasteiger partial charge in [-0.25, -0.2) is 0 Å². The molecule has 1 fully saturated rings. The van der Waals surface area contributed by atoms with Crippen molar-refractivity contribution in [1.29, 1.82) is 0 Å². The van der Waals surface area contributed by atoms with Crippen LogP contribution in [0.4, 0.5) is 11.4 Å². The van der Waals surface area contributed by atoms with Gasteiger partial charge < -0.3 is 29.7 Å². The van der Waals surface area contributed by atoms with Crippen LogP contribution in [-0.2, 0) is 14.4 Å². The summed E-state index contributed by atoms with van der Waals surface area (Å²) < 4.78 is 15.5. The minimum atomic E-state index is -0.525. The van der Waals surface area contributed by atoms with E-state index in [9.17, 15) is 14.4 Å². The fourth-order valence-corrected chi connectivity index (χ4v) is 3.33. The minimum absolute atomic E-state index is 0.0924. The van der Waals surface area contributed by atoms with Crippen LogP contribution in [0.5, 0.6) is 17.2 Å². The summed E-state index contributed by atoms with van der Waals surface area (Å²) in [4.78, 5) is 38.6. The highest BCUT2D eigenvalue weighted by molar-refractivity contribution is 6.01. The van der Waals surface area contributed by atoms with Crippen molar-refractivity contribution >= 4 is 29.1 Å². The first-order valence-corrected chi connectivity index (χ1v) is 9.69. The summed E-state index contributed by atoms with van der Waals surface area (Å²) in [6, 6.07) is 12.0. The molecule has 0 aliphatic carbocycles. The zero-order valence-corrected chi connectivity index (χ0v) is 17.6. The number of nitrogens with one attached hydrogen (secondary N) is 2. The van der Waals surface area contributed by atoms with Crippen molar-refractivity contribution in [3.05, 3.63) is 42.5 Å². The average molecular weight is 427 g/mol. The molecule has 0 aromatic heterocycles. The normalized spacial score (nSPS) is 15.4. The van der Waals surface area contributed by atoms with E-state index in [2.05, 4.69) is 10.6 Å². The smallest absolute Gasteiger partial charge is 0.243 e. The molecule has 0 bridgehead atoms. The molecule has 1 saturated heterocycles. The second kappa shape index (κ2) is 9.84. The molecule has 2 aromatic carbocycles. The maximum absolute atomic E-state index is 12.5. The average Bonchev–Trinajstić information content (AvgIpc) is 3.19. The molecule has 0 spiro atoms. The van der Waals surface area contributed by atoms with Crippen molar-refractivity contribution in [3.63, 3.8) is 0 Å². The first-order chi connectivity index (χ1) is 14.9. The van der Waals surface area contributed by atoms with Crippen molar-refractivity contribution in [3.8, 4) is 17.2 Å². The number of rotatable bonds is 8. The van der Waals surface area contributed by atoms with Gasteiger partial charge in [-0.2, -0.15) is 0 Å². The predicted molar refractivity (Wildman–Crippen MR) is 115 cm³/mol. The molecule has 2 aromatic rings. The number of methoxy groups -OCH3 is 3. The van der Waals surface area contributed by atoms with Gasteiger partial charge in [0.1, 0.15) is 5.75 Å². The molecule has 3 rings (SSSR count). The first kappa shape index (κ1) is 21.9. The van der Waals surface area contributed by atoms with E-state index in [1.165, 1.54) is 14.2 Å². The maximum Gasteiger partial charge on any atom is 0.243 e. The van der Waals surface area contributed by atoms with Crippen molar-refractivity contribution in [2.75, 3.05) is 44.6 Å². The summed E-state index contributed by atoms with van der Waals surface area (Å²) in [6.07, 6.45) is 0.0924. The van der Waals surface area contributed by atoms with Crippen molar-refractivity contribution < 1.29 is 28.6 Å². The number of benzene rings is 2. The molecule has 1 heterocycles. The number of carbonyl (C=O) groups is 3. The lowest BCUT2D eigenvalue weighted by molar-refractivity contribution is -0.127. The largest absolute Gasteiger partial charge is 0.497 e. The Balaban J connectivity index is 1.52. The number of anilines is 2. The molecule has 0 radical (unpaired) electrons. The Morgan fingerprint density at radius 3 is 2.35 bits per heavy atom. The summed E-state index contributed by atoms with van der Waals surface area (Å²) in [7, 11) is 4.59. The molecule has 1 atom stereocenters. The lowest BCUT2D eigenvalue weighted by Gasteiger charge is -2.17. The van der Waals surface area contributed by atoms with Crippen molar-refractivity contribution in [1.82, 2.24) is 5.32 Å². The molecule has 9 heteroatoms. The van der Waals surface area contributed by atoms with Gasteiger partial charge in [0.15, 0.2) is 11.5 Å². The fourth-order valence-electron chi connectivity index (χ4n) is 3.33.